The van der Waals surface area contributed by atoms with Crippen LogP contribution < -0.4 is 0 Å². The summed E-state index contributed by atoms with van der Waals surface area (Å²) in [6.45, 7) is 9.05. The standard InChI is InChI=1S/C38H60NO13PS/c1-7-51-53(45,52-8-2)25-50-38(32(42)24-49-34(44)14-12-10-9-11-13-33(43)39(6)19-20-54(46,47)48)18-16-29-28-21-26(3)30-22-27(40)15-17-36(30,4)35(28)31(41)23-37(29,38)5/h15,17,22,26,28-29,31,35,41H,7-14,16,18-21,23-25H2,1-6H3,(H,46,47,48)/t26-,28-,29-,31-,35+,36-,37-,38-/m0/s1. The molecule has 8 atom stereocenters. The van der Waals surface area contributed by atoms with Crippen LogP contribution in [0.15, 0.2) is 23.8 Å². The number of ether oxygens (including phenoxy) is 2. The van der Waals surface area contributed by atoms with Gasteiger partial charge in [-0.05, 0) is 82.3 Å². The first-order valence-corrected chi connectivity index (χ1v) is 22.6. The number of ketones is 2. The van der Waals surface area contributed by atoms with E-state index in [1.807, 2.05) is 13.0 Å². The summed E-state index contributed by atoms with van der Waals surface area (Å²) >= 11 is 0. The number of hydrogen-bond acceptors (Lipinski definition) is 12. The molecular formula is C38H60NO13PS. The van der Waals surface area contributed by atoms with Crippen LogP contribution in [0.4, 0.5) is 0 Å². The maximum atomic E-state index is 14.5. The lowest BCUT2D eigenvalue weighted by molar-refractivity contribution is -0.192. The van der Waals surface area contributed by atoms with Crippen LogP contribution in [0.2, 0.25) is 0 Å². The molecule has 0 heterocycles. The molecule has 2 N–H and O–H groups in total. The van der Waals surface area contributed by atoms with E-state index in [9.17, 15) is 37.3 Å². The zero-order chi connectivity index (χ0) is 40.1. The lowest BCUT2D eigenvalue weighted by Crippen LogP contribution is -2.63. The molecule has 0 aromatic carbocycles. The Labute approximate surface area is 320 Å². The summed E-state index contributed by atoms with van der Waals surface area (Å²) in [5, 5.41) is 12.0. The number of carbonyl (C=O) groups is 4. The molecule has 3 fully saturated rings. The maximum absolute atomic E-state index is 14.5. The summed E-state index contributed by atoms with van der Waals surface area (Å²) in [5.74, 6) is -2.06. The van der Waals surface area contributed by atoms with Crippen LogP contribution in [-0.4, -0.2) is 104 Å². The summed E-state index contributed by atoms with van der Waals surface area (Å²) in [4.78, 5) is 53.2. The average Bonchev–Trinajstić information content (AvgIpc) is 3.39. The number of aliphatic hydroxyl groups is 1. The Hall–Kier alpha value is -2.26. The van der Waals surface area contributed by atoms with Crippen molar-refractivity contribution < 1.29 is 60.3 Å². The number of nitrogens with zero attached hydrogens (tertiary/aromatic N) is 1. The van der Waals surface area contributed by atoms with E-state index in [4.69, 9.17) is 23.1 Å². The highest BCUT2D eigenvalue weighted by Gasteiger charge is 2.70. The van der Waals surface area contributed by atoms with Gasteiger partial charge >= 0.3 is 13.6 Å². The van der Waals surface area contributed by atoms with Crippen LogP contribution in [0.1, 0.15) is 98.8 Å². The van der Waals surface area contributed by atoms with Crippen LogP contribution in [0, 0.1) is 34.5 Å². The highest BCUT2D eigenvalue weighted by Crippen LogP contribution is 2.69. The first kappa shape index (κ1) is 44.5. The maximum Gasteiger partial charge on any atom is 0.356 e. The smallest absolute Gasteiger partial charge is 0.356 e. The van der Waals surface area contributed by atoms with Gasteiger partial charge in [0, 0.05) is 43.2 Å². The van der Waals surface area contributed by atoms with Crippen molar-refractivity contribution in [1.82, 2.24) is 4.90 Å². The zero-order valence-electron chi connectivity index (χ0n) is 32.6. The van der Waals surface area contributed by atoms with Gasteiger partial charge < -0.3 is 28.5 Å². The highest BCUT2D eigenvalue weighted by molar-refractivity contribution is 7.85. The van der Waals surface area contributed by atoms with Gasteiger partial charge in [0.2, 0.25) is 11.7 Å². The number of hydrogen-bond donors (Lipinski definition) is 2. The molecule has 0 saturated heterocycles. The van der Waals surface area contributed by atoms with Crippen molar-refractivity contribution in [3.8, 4) is 0 Å². The SMILES string of the molecule is CCOP(=O)(CO[C@]1(C(=O)COC(=O)CCCCCCC(=O)N(C)CCS(=O)(=O)O)CC[C@H]2[C@@H]3C[C@H](C)C4=CC(=O)C=C[C@]4(C)[C@H]3[C@@H](O)C[C@@]21C)OCC. The molecule has 4 aliphatic carbocycles. The summed E-state index contributed by atoms with van der Waals surface area (Å²) in [6, 6.07) is 0. The molecule has 4 aliphatic rings. The van der Waals surface area contributed by atoms with Gasteiger partial charge in [-0.1, -0.05) is 45.3 Å². The second-order valence-electron chi connectivity index (χ2n) is 15.9. The van der Waals surface area contributed by atoms with Crippen molar-refractivity contribution in [3.05, 3.63) is 23.8 Å². The van der Waals surface area contributed by atoms with Crippen molar-refractivity contribution in [2.24, 2.45) is 34.5 Å². The van der Waals surface area contributed by atoms with Gasteiger partial charge in [0.15, 0.2) is 12.4 Å². The van der Waals surface area contributed by atoms with Crippen LogP contribution in [0.5, 0.6) is 0 Å². The summed E-state index contributed by atoms with van der Waals surface area (Å²) in [6.07, 6.45) is 8.23. The van der Waals surface area contributed by atoms with Crippen molar-refractivity contribution >= 4 is 41.2 Å². The Kier molecular flexibility index (Phi) is 14.7. The van der Waals surface area contributed by atoms with Gasteiger partial charge in [-0.15, -0.1) is 0 Å². The minimum atomic E-state index is -4.16. The predicted molar refractivity (Wildman–Crippen MR) is 200 cm³/mol. The molecule has 14 nitrogen and oxygen atoms in total. The number of allylic oxidation sites excluding steroid dienone is 4. The average molecular weight is 802 g/mol. The lowest BCUT2D eigenvalue weighted by Gasteiger charge is -2.61. The minimum absolute atomic E-state index is 0.00690. The third kappa shape index (κ3) is 9.64. The number of aliphatic hydroxyl groups excluding tert-OH is 1. The Morgan fingerprint density at radius 1 is 1.06 bits per heavy atom. The molecule has 0 aliphatic heterocycles. The second-order valence-corrected chi connectivity index (χ2v) is 19.5. The van der Waals surface area contributed by atoms with E-state index in [-0.39, 0.29) is 80.8 Å². The molecule has 306 valence electrons. The number of amides is 1. The molecule has 0 spiro atoms. The quantitative estimate of drug-likeness (QED) is 0.0697. The third-order valence-corrected chi connectivity index (χ3v) is 15.0. The lowest BCUT2D eigenvalue weighted by atomic mass is 9.44. The first-order chi connectivity index (χ1) is 25.3. The minimum Gasteiger partial charge on any atom is -0.458 e. The zero-order valence-corrected chi connectivity index (χ0v) is 34.3. The number of Topliss-reactive ketones (excluding diaryl/α,β-unsaturated/α-hetero) is 1. The van der Waals surface area contributed by atoms with E-state index in [1.54, 1.807) is 26.0 Å². The molecule has 0 radical (unpaired) electrons. The number of fused-ring (bicyclic) bond motifs is 5. The van der Waals surface area contributed by atoms with E-state index < -0.39 is 70.7 Å². The molecule has 0 aromatic heterocycles. The summed E-state index contributed by atoms with van der Waals surface area (Å²) in [7, 11) is -6.45. The van der Waals surface area contributed by atoms with Crippen molar-refractivity contribution in [3.63, 3.8) is 0 Å². The largest absolute Gasteiger partial charge is 0.458 e. The number of esters is 1. The summed E-state index contributed by atoms with van der Waals surface area (Å²) < 4.78 is 67.5. The van der Waals surface area contributed by atoms with Crippen LogP contribution in [0.25, 0.3) is 0 Å². The normalized spacial score (nSPS) is 32.0. The van der Waals surface area contributed by atoms with E-state index in [0.717, 1.165) is 12.0 Å². The highest BCUT2D eigenvalue weighted by atomic mass is 32.2. The van der Waals surface area contributed by atoms with Gasteiger partial charge in [-0.25, -0.2) is 0 Å². The van der Waals surface area contributed by atoms with Gasteiger partial charge in [0.25, 0.3) is 10.1 Å². The molecule has 16 heteroatoms. The first-order valence-electron chi connectivity index (χ1n) is 19.3. The number of unbranched alkanes of at least 4 members (excludes halogenated alkanes) is 3. The van der Waals surface area contributed by atoms with E-state index >= 15 is 0 Å². The van der Waals surface area contributed by atoms with Gasteiger partial charge in [-0.3, -0.25) is 28.3 Å². The number of rotatable bonds is 20. The van der Waals surface area contributed by atoms with Gasteiger partial charge in [-0.2, -0.15) is 8.42 Å². The Morgan fingerprint density at radius 3 is 2.33 bits per heavy atom. The topological polar surface area (TPSA) is 200 Å². The molecule has 1 amide bonds. The fourth-order valence-corrected chi connectivity index (χ4v) is 11.9. The fourth-order valence-electron chi connectivity index (χ4n) is 10.0. The van der Waals surface area contributed by atoms with E-state index in [2.05, 4.69) is 13.8 Å². The Balaban J connectivity index is 1.43. The molecule has 0 bridgehead atoms. The molecular weight excluding hydrogens is 741 g/mol. The predicted octanol–water partition coefficient (Wildman–Crippen LogP) is 5.29. The van der Waals surface area contributed by atoms with Crippen LogP contribution in [-0.2, 0) is 52.4 Å². The number of carbonyl (C=O) groups excluding carboxylic acids is 4. The third-order valence-electron chi connectivity index (χ3n) is 12.5. The second kappa shape index (κ2) is 17.9. The van der Waals surface area contributed by atoms with Crippen LogP contribution in [0.3, 0.4) is 0 Å². The van der Waals surface area contributed by atoms with E-state index in [1.165, 1.54) is 11.9 Å². The Morgan fingerprint density at radius 2 is 1.70 bits per heavy atom. The Bertz CT molecular complexity index is 1620. The molecule has 0 unspecified atom stereocenters. The molecule has 4 rings (SSSR count). The molecule has 3 saturated carbocycles. The van der Waals surface area contributed by atoms with Crippen molar-refractivity contribution in [1.29, 1.82) is 0 Å². The monoisotopic (exact) mass is 801 g/mol. The van der Waals surface area contributed by atoms with Crippen molar-refractivity contribution in [2.75, 3.05) is 45.5 Å². The summed E-state index contributed by atoms with van der Waals surface area (Å²) in [5.41, 5.74) is -1.97. The van der Waals surface area contributed by atoms with Gasteiger partial charge in [0.05, 0.1) is 25.1 Å². The van der Waals surface area contributed by atoms with Gasteiger partial charge in [0.1, 0.15) is 11.9 Å². The van der Waals surface area contributed by atoms with Crippen LogP contribution >= 0.6 is 7.60 Å². The van der Waals surface area contributed by atoms with E-state index in [0.29, 0.717) is 32.1 Å². The van der Waals surface area contributed by atoms with Crippen molar-refractivity contribution in [2.45, 2.75) is 111 Å². The molecule has 0 aromatic rings. The molecule has 54 heavy (non-hydrogen) atoms. The fraction of sp³-hybridized carbons (Fsp3) is 0.789.